The quantitative estimate of drug-likeness (QED) is 0.677. The van der Waals surface area contributed by atoms with Crippen LogP contribution in [-0.4, -0.2) is 44.7 Å². The number of ether oxygens (including phenoxy) is 1. The number of aromatic hydroxyl groups is 1. The summed E-state index contributed by atoms with van der Waals surface area (Å²) in [5.74, 6) is 0.414. The first-order valence-corrected chi connectivity index (χ1v) is 11.0. The van der Waals surface area contributed by atoms with E-state index in [1.165, 1.54) is 0 Å². The van der Waals surface area contributed by atoms with Crippen molar-refractivity contribution in [2.45, 2.75) is 56.7 Å². The number of hydrogen-bond acceptors (Lipinski definition) is 5. The average Bonchev–Trinajstić information content (AvgIpc) is 3.31. The maximum absolute atomic E-state index is 12.9. The number of hydrogen-bond donors (Lipinski definition) is 1. The van der Waals surface area contributed by atoms with E-state index in [1.54, 1.807) is 16.5 Å². The number of benzene rings is 1. The molecule has 3 heterocycles. The molecular weight excluding hydrogens is 406 g/mol. The molecule has 1 amide bonds. The number of amides is 1. The summed E-state index contributed by atoms with van der Waals surface area (Å²) in [5, 5.41) is 12.4. The molecule has 0 saturated heterocycles. The van der Waals surface area contributed by atoms with Gasteiger partial charge in [-0.15, -0.1) is 0 Å². The van der Waals surface area contributed by atoms with Crippen molar-refractivity contribution >= 4 is 16.7 Å². The van der Waals surface area contributed by atoms with Crippen molar-refractivity contribution in [3.05, 3.63) is 63.8 Å². The highest BCUT2D eigenvalue weighted by Gasteiger charge is 2.53. The smallest absolute Gasteiger partial charge is 0.315 e. The second-order valence-electron chi connectivity index (χ2n) is 9.24. The van der Waals surface area contributed by atoms with Crippen LogP contribution in [0.5, 0.6) is 11.5 Å². The van der Waals surface area contributed by atoms with E-state index in [4.69, 9.17) is 4.74 Å². The first-order chi connectivity index (χ1) is 15.4. The lowest BCUT2D eigenvalue weighted by molar-refractivity contribution is 0.0659. The predicted molar refractivity (Wildman–Crippen MR) is 117 cm³/mol. The molecule has 1 N–H and O–H groups in total. The Morgan fingerprint density at radius 1 is 1.28 bits per heavy atom. The van der Waals surface area contributed by atoms with Crippen molar-refractivity contribution in [2.75, 3.05) is 7.05 Å². The highest BCUT2D eigenvalue weighted by Crippen LogP contribution is 2.54. The first-order valence-electron chi connectivity index (χ1n) is 11.0. The largest absolute Gasteiger partial charge is 0.501 e. The van der Waals surface area contributed by atoms with Crippen molar-refractivity contribution < 1.29 is 14.6 Å². The van der Waals surface area contributed by atoms with Gasteiger partial charge < -0.3 is 19.3 Å². The number of carbonyl (C=O) groups excluding carboxylic acids is 1. The fourth-order valence-corrected chi connectivity index (χ4v) is 5.69. The molecule has 0 spiro atoms. The maximum Gasteiger partial charge on any atom is 0.315 e. The molecule has 7 nitrogen and oxygen atoms in total. The van der Waals surface area contributed by atoms with E-state index in [0.717, 1.165) is 41.3 Å². The standard InChI is InChI=1S/C25H23N3O4/c1-14-13-28-19(26-23(30)21(29)20(28)24(31)27(14)2)12-25-11-5-8-18(25)32-22-16-7-4-3-6-15(16)9-10-17(22)25/h3-4,6-7,14,18,29H,5,8,11-13H2,1-2H3/t14-,18?,25?/m0/s1. The fourth-order valence-electron chi connectivity index (χ4n) is 5.69. The number of aromatic nitrogens is 2. The Bertz CT molecular complexity index is 1350. The Hall–Kier alpha value is -3.53. The van der Waals surface area contributed by atoms with Gasteiger partial charge in [0.15, 0.2) is 5.69 Å². The summed E-state index contributed by atoms with van der Waals surface area (Å²) in [6, 6.07) is 14.6. The highest BCUT2D eigenvalue weighted by molar-refractivity contribution is 5.95. The molecule has 32 heavy (non-hydrogen) atoms. The van der Waals surface area contributed by atoms with Crippen LogP contribution in [0.1, 0.15) is 48.1 Å². The molecule has 1 aliphatic carbocycles. The fraction of sp³-hybridized carbons (Fsp3) is 0.400. The number of rotatable bonds is 2. The summed E-state index contributed by atoms with van der Waals surface area (Å²) in [6.07, 6.45) is 3.18. The van der Waals surface area contributed by atoms with E-state index in [2.05, 4.69) is 17.1 Å². The Labute approximate surface area is 185 Å². The van der Waals surface area contributed by atoms with Crippen LogP contribution in [0.4, 0.5) is 0 Å². The Balaban J connectivity index is 1.53. The zero-order valence-electron chi connectivity index (χ0n) is 18.0. The lowest BCUT2D eigenvalue weighted by Crippen LogP contribution is -2.47. The number of carbonyl (C=O) groups is 1. The molecule has 2 aliphatic heterocycles. The molecule has 162 valence electrons. The summed E-state index contributed by atoms with van der Waals surface area (Å²) < 4.78 is 8.22. The van der Waals surface area contributed by atoms with Crippen LogP contribution in [0, 0.1) is 12.1 Å². The predicted octanol–water partition coefficient (Wildman–Crippen LogP) is 2.60. The molecule has 0 radical (unpaired) electrons. The van der Waals surface area contributed by atoms with Gasteiger partial charge in [0, 0.05) is 36.8 Å². The van der Waals surface area contributed by atoms with Crippen LogP contribution in [0.2, 0.25) is 0 Å². The number of nitrogens with zero attached hydrogens (tertiary/aromatic N) is 3. The first kappa shape index (κ1) is 19.2. The molecule has 6 rings (SSSR count). The van der Waals surface area contributed by atoms with Gasteiger partial charge in [-0.3, -0.25) is 9.59 Å². The molecule has 0 bridgehead atoms. The molecule has 3 atom stereocenters. The summed E-state index contributed by atoms with van der Waals surface area (Å²) in [4.78, 5) is 31.2. The van der Waals surface area contributed by atoms with Crippen molar-refractivity contribution in [1.82, 2.24) is 14.5 Å². The van der Waals surface area contributed by atoms with E-state index in [-0.39, 0.29) is 29.2 Å². The van der Waals surface area contributed by atoms with Gasteiger partial charge in [0.05, 0.1) is 11.0 Å². The van der Waals surface area contributed by atoms with Crippen LogP contribution in [0.15, 0.2) is 29.1 Å². The van der Waals surface area contributed by atoms with Crippen molar-refractivity contribution in [3.63, 3.8) is 0 Å². The van der Waals surface area contributed by atoms with E-state index in [9.17, 15) is 14.7 Å². The minimum absolute atomic E-state index is 0.0275. The van der Waals surface area contributed by atoms with Gasteiger partial charge in [0.2, 0.25) is 5.75 Å². The lowest BCUT2D eigenvalue weighted by Gasteiger charge is -2.35. The van der Waals surface area contributed by atoms with Gasteiger partial charge in [0.25, 0.3) is 5.91 Å². The Morgan fingerprint density at radius 3 is 2.94 bits per heavy atom. The summed E-state index contributed by atoms with van der Waals surface area (Å²) in [6.45, 7) is 2.41. The third-order valence-corrected chi connectivity index (χ3v) is 7.53. The normalized spacial score (nSPS) is 25.8. The monoisotopic (exact) mass is 429 g/mol. The summed E-state index contributed by atoms with van der Waals surface area (Å²) in [5.41, 5.74) is -0.146. The lowest BCUT2D eigenvalue weighted by atomic mass is 9.75. The molecule has 1 fully saturated rings. The molecular formula is C25H23N3O4. The molecule has 7 heteroatoms. The molecule has 3 aromatic rings. The van der Waals surface area contributed by atoms with E-state index in [0.29, 0.717) is 18.8 Å². The zero-order valence-corrected chi connectivity index (χ0v) is 18.0. The van der Waals surface area contributed by atoms with Gasteiger partial charge >= 0.3 is 5.56 Å². The number of fused-ring (bicyclic) bond motifs is 6. The third-order valence-electron chi connectivity index (χ3n) is 7.53. The minimum Gasteiger partial charge on any atom is -0.501 e. The van der Waals surface area contributed by atoms with Crippen LogP contribution in [-0.2, 0) is 18.4 Å². The van der Waals surface area contributed by atoms with Crippen molar-refractivity contribution in [2.24, 2.45) is 0 Å². The maximum atomic E-state index is 12.9. The summed E-state index contributed by atoms with van der Waals surface area (Å²) >= 11 is 0. The topological polar surface area (TPSA) is 84.7 Å². The van der Waals surface area contributed by atoms with Crippen LogP contribution in [0.3, 0.4) is 0 Å². The van der Waals surface area contributed by atoms with Gasteiger partial charge in [0.1, 0.15) is 17.7 Å². The van der Waals surface area contributed by atoms with Crippen molar-refractivity contribution in [3.8, 4) is 11.5 Å². The van der Waals surface area contributed by atoms with Crippen LogP contribution < -0.4 is 10.3 Å². The van der Waals surface area contributed by atoms with Gasteiger partial charge in [-0.2, -0.15) is 4.98 Å². The minimum atomic E-state index is -0.762. The molecule has 2 unspecified atom stereocenters. The second kappa shape index (κ2) is 6.49. The molecule has 1 aromatic heterocycles. The van der Waals surface area contributed by atoms with Gasteiger partial charge in [-0.1, -0.05) is 24.3 Å². The second-order valence-corrected chi connectivity index (χ2v) is 9.24. The van der Waals surface area contributed by atoms with Gasteiger partial charge in [-0.25, -0.2) is 0 Å². The van der Waals surface area contributed by atoms with Crippen molar-refractivity contribution in [1.29, 1.82) is 0 Å². The third kappa shape index (κ3) is 2.41. The molecule has 1 saturated carbocycles. The van der Waals surface area contributed by atoms with Gasteiger partial charge in [-0.05, 0) is 38.3 Å². The SMILES string of the molecule is C[C@H]1Cn2c(CC34CCCC3Oc3c4c#cc4ccccc34)nc(=O)c(O)c2C(=O)N1C. The average molecular weight is 429 g/mol. The Morgan fingerprint density at radius 2 is 2.09 bits per heavy atom. The molecule has 3 aliphatic rings. The Kier molecular flexibility index (Phi) is 3.89. The van der Waals surface area contributed by atoms with E-state index in [1.807, 2.05) is 31.2 Å². The highest BCUT2D eigenvalue weighted by atomic mass is 16.5. The zero-order chi connectivity index (χ0) is 22.2. The van der Waals surface area contributed by atoms with Crippen LogP contribution in [0.25, 0.3) is 10.8 Å². The van der Waals surface area contributed by atoms with E-state index < -0.39 is 11.3 Å². The van der Waals surface area contributed by atoms with E-state index >= 15 is 0 Å². The molecule has 2 aromatic carbocycles. The number of likely N-dealkylation sites (N-methyl/N-ethyl adjacent to an activating group) is 1. The summed E-state index contributed by atoms with van der Waals surface area (Å²) in [7, 11) is 1.68. The van der Waals surface area contributed by atoms with Crippen LogP contribution >= 0.6 is 0 Å².